The molecule has 1 aromatic rings. The fraction of sp³-hybridized carbons (Fsp3) is 0.583. The Morgan fingerprint density at radius 1 is 1.25 bits per heavy atom. The van der Waals surface area contributed by atoms with E-state index in [9.17, 15) is 27.6 Å². The number of amides is 3. The Hall–Kier alpha value is -2.78. The van der Waals surface area contributed by atoms with Crippen molar-refractivity contribution < 1.29 is 37.0 Å². The number of rotatable bonds is 5. The number of ether oxygens (including phenoxy) is 2. The Kier molecular flexibility index (Phi) is 6.12. The van der Waals surface area contributed by atoms with Crippen molar-refractivity contribution in [1.29, 1.82) is 5.26 Å². The number of anilines is 1. The molecule has 3 amide bonds. The van der Waals surface area contributed by atoms with Crippen molar-refractivity contribution in [1.82, 2.24) is 5.32 Å². The molecule has 0 radical (unpaired) electrons. The zero-order chi connectivity index (χ0) is 26.8. The lowest BCUT2D eigenvalue weighted by Gasteiger charge is -2.35. The summed E-state index contributed by atoms with van der Waals surface area (Å²) in [5.74, 6) is -2.56. The van der Waals surface area contributed by atoms with Crippen LogP contribution in [-0.2, 0) is 25.2 Å². The molecule has 1 aromatic carbocycles. The maximum atomic E-state index is 13.5. The van der Waals surface area contributed by atoms with Crippen molar-refractivity contribution in [3.8, 4) is 6.07 Å². The largest absolute Gasteiger partial charge is 0.449 e. The molecule has 0 aliphatic carbocycles. The molecule has 196 valence electrons. The predicted octanol–water partition coefficient (Wildman–Crippen LogP) is 3.42. The first-order chi connectivity index (χ1) is 16.5. The molecule has 3 fully saturated rings. The van der Waals surface area contributed by atoms with Crippen LogP contribution in [0.4, 0.5) is 23.7 Å². The van der Waals surface area contributed by atoms with E-state index in [1.165, 1.54) is 6.07 Å². The second-order valence-corrected chi connectivity index (χ2v) is 15.3. The average molecular weight is 528 g/mol. The van der Waals surface area contributed by atoms with Gasteiger partial charge in [-0.05, 0) is 50.8 Å². The molecule has 3 saturated heterocycles. The third-order valence-electron chi connectivity index (χ3n) is 7.24. The number of hydrogen-bond acceptors (Lipinski definition) is 6. The normalized spacial score (nSPS) is 31.9. The molecule has 0 spiro atoms. The van der Waals surface area contributed by atoms with Crippen LogP contribution in [0.1, 0.15) is 31.4 Å². The Morgan fingerprint density at radius 3 is 2.47 bits per heavy atom. The third kappa shape index (κ3) is 4.22. The molecule has 2 bridgehead atoms. The number of carbonyl (C=O) groups excluding carboxylic acids is 3. The number of halogens is 3. The first-order valence-electron chi connectivity index (χ1n) is 11.3. The summed E-state index contributed by atoms with van der Waals surface area (Å²) in [6.07, 6.45) is 1.03. The van der Waals surface area contributed by atoms with Crippen LogP contribution in [0.15, 0.2) is 18.2 Å². The molecule has 5 atom stereocenters. The maximum Gasteiger partial charge on any atom is 0.417 e. The maximum absolute atomic E-state index is 13.5. The summed E-state index contributed by atoms with van der Waals surface area (Å²) < 4.78 is 52.0. The van der Waals surface area contributed by atoms with Crippen LogP contribution in [0.3, 0.4) is 0 Å². The number of imide groups is 1. The van der Waals surface area contributed by atoms with E-state index in [1.54, 1.807) is 13.8 Å². The van der Waals surface area contributed by atoms with Crippen molar-refractivity contribution in [3.63, 3.8) is 0 Å². The Morgan fingerprint density at radius 2 is 1.89 bits per heavy atom. The monoisotopic (exact) mass is 527 g/mol. The second kappa shape index (κ2) is 8.38. The summed E-state index contributed by atoms with van der Waals surface area (Å²) in [6.45, 7) is 3.53. The number of fused-ring (bicyclic) bond motifs is 5. The van der Waals surface area contributed by atoms with Crippen molar-refractivity contribution in [2.75, 3.05) is 36.0 Å². The van der Waals surface area contributed by atoms with Crippen LogP contribution in [0, 0.1) is 23.2 Å². The molecular weight excluding hydrogens is 499 g/mol. The van der Waals surface area contributed by atoms with E-state index >= 15 is 0 Å². The SMILES string of the molecule is C[C@@]12O[C@@](C)(C[C@@H]1NC(=O)OCCS(C)(C)C)[C@@H]1C(=O)N(c3ccc(C#N)c(C(F)(F)F)c3)C(=O)[C@@H]12. The molecular formula is C24H28F3N3O5S. The second-order valence-electron chi connectivity index (χ2n) is 10.7. The highest BCUT2D eigenvalue weighted by Crippen LogP contribution is 2.61. The van der Waals surface area contributed by atoms with Crippen LogP contribution >= 0.6 is 10.0 Å². The Balaban J connectivity index is 1.59. The third-order valence-corrected chi connectivity index (χ3v) is 8.64. The van der Waals surface area contributed by atoms with Gasteiger partial charge in [0.05, 0.1) is 52.0 Å². The van der Waals surface area contributed by atoms with Crippen LogP contribution in [0.2, 0.25) is 0 Å². The lowest BCUT2D eigenvalue weighted by molar-refractivity contribution is -0.138. The van der Waals surface area contributed by atoms with Gasteiger partial charge < -0.3 is 14.8 Å². The summed E-state index contributed by atoms with van der Waals surface area (Å²) in [5.41, 5.74) is -4.45. The molecule has 12 heteroatoms. The summed E-state index contributed by atoms with van der Waals surface area (Å²) in [5, 5.41) is 11.8. The summed E-state index contributed by atoms with van der Waals surface area (Å²) in [6, 6.07) is 3.60. The van der Waals surface area contributed by atoms with E-state index in [0.717, 1.165) is 22.8 Å². The van der Waals surface area contributed by atoms with Gasteiger partial charge in [-0.3, -0.25) is 9.59 Å². The van der Waals surface area contributed by atoms with Crippen molar-refractivity contribution in [2.45, 2.75) is 43.7 Å². The number of nitriles is 1. The fourth-order valence-electron chi connectivity index (χ4n) is 5.58. The Bertz CT molecular complexity index is 1180. The van der Waals surface area contributed by atoms with Crippen LogP contribution in [0.25, 0.3) is 0 Å². The Labute approximate surface area is 208 Å². The highest BCUT2D eigenvalue weighted by Gasteiger charge is 2.76. The van der Waals surface area contributed by atoms with Gasteiger partial charge in [0.2, 0.25) is 11.8 Å². The number of benzene rings is 1. The highest BCUT2D eigenvalue weighted by molar-refractivity contribution is 8.32. The van der Waals surface area contributed by atoms with Crippen molar-refractivity contribution in [2.24, 2.45) is 11.8 Å². The van der Waals surface area contributed by atoms with E-state index < -0.39 is 74.3 Å². The van der Waals surface area contributed by atoms with Crippen molar-refractivity contribution in [3.05, 3.63) is 29.3 Å². The zero-order valence-corrected chi connectivity index (χ0v) is 21.4. The zero-order valence-electron chi connectivity index (χ0n) is 20.6. The van der Waals surface area contributed by atoms with E-state index in [-0.39, 0.29) is 18.7 Å². The molecule has 36 heavy (non-hydrogen) atoms. The molecule has 8 nitrogen and oxygen atoms in total. The molecule has 3 heterocycles. The highest BCUT2D eigenvalue weighted by atomic mass is 32.3. The van der Waals surface area contributed by atoms with Gasteiger partial charge in [-0.2, -0.15) is 18.4 Å². The van der Waals surface area contributed by atoms with Gasteiger partial charge in [-0.1, -0.05) is 0 Å². The number of nitrogens with zero attached hydrogens (tertiary/aromatic N) is 2. The minimum Gasteiger partial charge on any atom is -0.449 e. The molecule has 1 N–H and O–H groups in total. The molecule has 3 aliphatic heterocycles. The minimum absolute atomic E-state index is 0.234. The summed E-state index contributed by atoms with van der Waals surface area (Å²) in [4.78, 5) is 40.1. The van der Waals surface area contributed by atoms with Gasteiger partial charge in [0.25, 0.3) is 0 Å². The van der Waals surface area contributed by atoms with Gasteiger partial charge in [-0.15, -0.1) is 0 Å². The van der Waals surface area contributed by atoms with E-state index in [2.05, 4.69) is 24.1 Å². The topological polar surface area (TPSA) is 109 Å². The summed E-state index contributed by atoms with van der Waals surface area (Å²) >= 11 is 0. The first-order valence-corrected chi connectivity index (χ1v) is 14.3. The van der Waals surface area contributed by atoms with E-state index in [0.29, 0.717) is 6.07 Å². The number of alkyl carbamates (subject to hydrolysis) is 1. The standard InChI is InChI=1S/C24H28F3N3O5S/c1-22-11-16(29-21(33)34-8-9-36(3,4)5)23(2,35-22)18-17(22)19(31)30(20(18)32)14-7-6-13(12-28)15(10-14)24(25,26)27/h6-7,10,16-18H,8-9,11H2,1-5H3,(H,29,33)/t16-,17-,18+,22-,23+/m0/s1. The van der Waals surface area contributed by atoms with E-state index in [4.69, 9.17) is 14.7 Å². The molecule has 0 aromatic heterocycles. The average Bonchev–Trinajstić information content (AvgIpc) is 3.26. The van der Waals surface area contributed by atoms with E-state index in [1.807, 2.05) is 0 Å². The quantitative estimate of drug-likeness (QED) is 0.588. The molecule has 0 unspecified atom stereocenters. The molecule has 4 rings (SSSR count). The van der Waals surface area contributed by atoms with Gasteiger partial charge in [0.15, 0.2) is 0 Å². The van der Waals surface area contributed by atoms with Crippen LogP contribution < -0.4 is 10.2 Å². The lowest BCUT2D eigenvalue weighted by atomic mass is 9.66. The fourth-order valence-corrected chi connectivity index (χ4v) is 6.16. The van der Waals surface area contributed by atoms with Gasteiger partial charge in [-0.25, -0.2) is 19.7 Å². The molecule has 0 saturated carbocycles. The van der Waals surface area contributed by atoms with Crippen LogP contribution in [-0.4, -0.2) is 66.3 Å². The number of alkyl halides is 3. The van der Waals surface area contributed by atoms with Crippen LogP contribution in [0.5, 0.6) is 0 Å². The van der Waals surface area contributed by atoms with Gasteiger partial charge in [0.1, 0.15) is 6.61 Å². The predicted molar refractivity (Wildman–Crippen MR) is 127 cm³/mol. The molecule has 3 aliphatic rings. The number of hydrogen-bond donors (Lipinski definition) is 1. The number of nitrogens with one attached hydrogen (secondary N) is 1. The number of carbonyl (C=O) groups is 3. The van der Waals surface area contributed by atoms with Crippen molar-refractivity contribution >= 4 is 33.6 Å². The van der Waals surface area contributed by atoms with Gasteiger partial charge in [0, 0.05) is 12.2 Å². The first kappa shape index (κ1) is 26.3. The van der Waals surface area contributed by atoms with Gasteiger partial charge >= 0.3 is 12.3 Å². The lowest BCUT2D eigenvalue weighted by Crippen LogP contribution is -2.56. The smallest absolute Gasteiger partial charge is 0.417 e. The minimum atomic E-state index is -4.84. The summed E-state index contributed by atoms with van der Waals surface area (Å²) in [7, 11) is -0.857.